The molecule has 3 heterocycles. The van der Waals surface area contributed by atoms with Crippen molar-refractivity contribution in [2.75, 3.05) is 33.7 Å². The lowest BCUT2D eigenvalue weighted by Crippen LogP contribution is -2.21. The van der Waals surface area contributed by atoms with E-state index in [0.717, 1.165) is 28.1 Å². The van der Waals surface area contributed by atoms with Gasteiger partial charge in [0.25, 0.3) is 0 Å². The highest BCUT2D eigenvalue weighted by Crippen LogP contribution is 2.41. The molecular formula is C20H26N2O5S2. The topological polar surface area (TPSA) is 82.5 Å². The van der Waals surface area contributed by atoms with E-state index in [4.69, 9.17) is 24.2 Å². The Hall–Kier alpha value is -1.68. The zero-order valence-electron chi connectivity index (χ0n) is 17.2. The van der Waals surface area contributed by atoms with Crippen molar-refractivity contribution in [2.45, 2.75) is 31.6 Å². The Morgan fingerprint density at radius 1 is 1.38 bits per heavy atom. The second-order valence-electron chi connectivity index (χ2n) is 7.01. The van der Waals surface area contributed by atoms with Crippen LogP contribution >= 0.6 is 23.1 Å². The number of thioether (sulfide) groups is 1. The summed E-state index contributed by atoms with van der Waals surface area (Å²) in [6.45, 7) is 4.75. The van der Waals surface area contributed by atoms with E-state index in [-0.39, 0.29) is 23.7 Å². The van der Waals surface area contributed by atoms with Crippen LogP contribution in [0.1, 0.15) is 30.6 Å². The molecule has 0 unspecified atom stereocenters. The molecule has 0 spiro atoms. The number of ether oxygens (including phenoxy) is 4. The highest BCUT2D eigenvalue weighted by molar-refractivity contribution is 8.14. The van der Waals surface area contributed by atoms with Crippen LogP contribution in [0.3, 0.4) is 0 Å². The first-order valence-corrected chi connectivity index (χ1v) is 11.1. The third kappa shape index (κ3) is 5.28. The van der Waals surface area contributed by atoms with Crippen molar-refractivity contribution in [1.29, 1.82) is 0 Å². The zero-order chi connectivity index (χ0) is 21.0. The molecule has 1 saturated heterocycles. The lowest BCUT2D eigenvalue weighted by Gasteiger charge is -2.21. The number of carbonyl (C=O) groups excluding carboxylic acids is 1. The maximum Gasteiger partial charge on any atom is 0.333 e. The fourth-order valence-electron chi connectivity index (χ4n) is 2.91. The Labute approximate surface area is 179 Å². The van der Waals surface area contributed by atoms with Gasteiger partial charge >= 0.3 is 5.97 Å². The minimum Gasteiger partial charge on any atom is -0.500 e. The normalized spacial score (nSPS) is 26.3. The van der Waals surface area contributed by atoms with Crippen LogP contribution in [0.25, 0.3) is 6.08 Å². The van der Waals surface area contributed by atoms with Crippen LogP contribution in [0.4, 0.5) is 0 Å². The minimum atomic E-state index is -0.462. The van der Waals surface area contributed by atoms with Crippen LogP contribution in [-0.4, -0.2) is 61.4 Å². The number of aromatic nitrogens is 1. The maximum atomic E-state index is 11.5. The minimum absolute atomic E-state index is 0.0865. The lowest BCUT2D eigenvalue weighted by atomic mass is 10.0. The van der Waals surface area contributed by atoms with Crippen molar-refractivity contribution in [2.24, 2.45) is 10.9 Å². The molecule has 158 valence electrons. The molecule has 0 bridgehead atoms. The molecule has 7 nitrogen and oxygen atoms in total. The van der Waals surface area contributed by atoms with Gasteiger partial charge in [-0.2, -0.15) is 0 Å². The predicted molar refractivity (Wildman–Crippen MR) is 115 cm³/mol. The Morgan fingerprint density at radius 3 is 2.76 bits per heavy atom. The number of carbonyl (C=O) groups is 1. The molecule has 1 aromatic heterocycles. The van der Waals surface area contributed by atoms with E-state index < -0.39 is 5.97 Å². The Kier molecular flexibility index (Phi) is 7.15. The molecule has 0 saturated carbocycles. The number of thiazole rings is 1. The van der Waals surface area contributed by atoms with Crippen molar-refractivity contribution in [3.8, 4) is 0 Å². The third-order valence-corrected chi connectivity index (χ3v) is 7.13. The number of hydrogen-bond acceptors (Lipinski definition) is 9. The van der Waals surface area contributed by atoms with Crippen molar-refractivity contribution >= 4 is 40.2 Å². The molecule has 4 atom stereocenters. The zero-order valence-corrected chi connectivity index (χ0v) is 18.8. The summed E-state index contributed by atoms with van der Waals surface area (Å²) in [7, 11) is 4.48. The molecule has 2 aliphatic rings. The van der Waals surface area contributed by atoms with Gasteiger partial charge in [0.1, 0.15) is 27.5 Å². The SMILES string of the molecule is COC(=O)C=C(OC)[C@H](C)[C@H](C=Cc1csc([C@H]2CSC([C@]3(C)CO3)=N2)n1)OC. The van der Waals surface area contributed by atoms with Crippen LogP contribution in [0.2, 0.25) is 0 Å². The van der Waals surface area contributed by atoms with Crippen molar-refractivity contribution in [3.63, 3.8) is 0 Å². The van der Waals surface area contributed by atoms with Crippen LogP contribution in [0.5, 0.6) is 0 Å². The molecule has 9 heteroatoms. The molecular weight excluding hydrogens is 412 g/mol. The van der Waals surface area contributed by atoms with E-state index in [1.807, 2.05) is 24.5 Å². The second kappa shape index (κ2) is 9.42. The standard InChI is InChI=1S/C20H26N2O5S2/c1-12(16(25-4)8-17(23)26-5)15(24-3)7-6-13-9-28-18(21-13)14-10-29-19(22-14)20(2)11-27-20/h6-9,12,14-15H,10-11H2,1-5H3/t12-,14-,15+,20+/m1/s1. The maximum absolute atomic E-state index is 11.5. The average Bonchev–Trinajstić information content (AvgIpc) is 3.14. The van der Waals surface area contributed by atoms with E-state index in [0.29, 0.717) is 5.76 Å². The molecule has 2 aliphatic heterocycles. The molecule has 0 aliphatic carbocycles. The highest BCUT2D eigenvalue weighted by Gasteiger charge is 2.47. The van der Waals surface area contributed by atoms with Crippen molar-refractivity contribution < 1.29 is 23.7 Å². The molecule has 0 N–H and O–H groups in total. The second-order valence-corrected chi connectivity index (χ2v) is 8.91. The molecule has 1 fully saturated rings. The summed E-state index contributed by atoms with van der Waals surface area (Å²) in [5.74, 6) is 0.763. The summed E-state index contributed by atoms with van der Waals surface area (Å²) < 4.78 is 21.1. The lowest BCUT2D eigenvalue weighted by molar-refractivity contribution is -0.135. The van der Waals surface area contributed by atoms with Gasteiger partial charge in [0, 0.05) is 24.2 Å². The van der Waals surface area contributed by atoms with Gasteiger partial charge in [-0.15, -0.1) is 23.1 Å². The summed E-state index contributed by atoms with van der Waals surface area (Å²) in [5, 5.41) is 4.09. The molecule has 29 heavy (non-hydrogen) atoms. The summed E-state index contributed by atoms with van der Waals surface area (Å²) in [6, 6.07) is 0.0865. The average molecular weight is 439 g/mol. The Balaban J connectivity index is 1.66. The van der Waals surface area contributed by atoms with Crippen LogP contribution in [0.15, 0.2) is 28.3 Å². The number of epoxide rings is 1. The largest absolute Gasteiger partial charge is 0.500 e. The fraction of sp³-hybridized carbons (Fsp3) is 0.550. The van der Waals surface area contributed by atoms with Gasteiger partial charge in [-0.05, 0) is 13.0 Å². The number of methoxy groups -OCH3 is 3. The van der Waals surface area contributed by atoms with Gasteiger partial charge in [0.2, 0.25) is 0 Å². The van der Waals surface area contributed by atoms with E-state index in [2.05, 4.69) is 11.7 Å². The van der Waals surface area contributed by atoms with Gasteiger partial charge < -0.3 is 18.9 Å². The number of esters is 1. The highest BCUT2D eigenvalue weighted by atomic mass is 32.2. The van der Waals surface area contributed by atoms with Crippen LogP contribution < -0.4 is 0 Å². The van der Waals surface area contributed by atoms with Crippen LogP contribution in [0, 0.1) is 5.92 Å². The van der Waals surface area contributed by atoms with Gasteiger partial charge in [-0.1, -0.05) is 13.0 Å². The molecule has 0 amide bonds. The number of rotatable bonds is 9. The predicted octanol–water partition coefficient (Wildman–Crippen LogP) is 3.49. The van der Waals surface area contributed by atoms with E-state index in [1.54, 1.807) is 30.2 Å². The van der Waals surface area contributed by atoms with Crippen molar-refractivity contribution in [3.05, 3.63) is 34.0 Å². The number of nitrogens with zero attached hydrogens (tertiary/aromatic N) is 2. The summed E-state index contributed by atoms with van der Waals surface area (Å²) in [5.41, 5.74) is 0.690. The summed E-state index contributed by atoms with van der Waals surface area (Å²) >= 11 is 3.37. The smallest absolute Gasteiger partial charge is 0.333 e. The van der Waals surface area contributed by atoms with E-state index in [1.165, 1.54) is 20.3 Å². The monoisotopic (exact) mass is 438 g/mol. The van der Waals surface area contributed by atoms with Crippen LogP contribution in [-0.2, 0) is 23.7 Å². The molecule has 0 radical (unpaired) electrons. The fourth-order valence-corrected chi connectivity index (χ4v) is 5.01. The molecule has 0 aromatic carbocycles. The Bertz CT molecular complexity index is 829. The van der Waals surface area contributed by atoms with Gasteiger partial charge in [0.15, 0.2) is 0 Å². The molecule has 3 rings (SSSR count). The van der Waals surface area contributed by atoms with E-state index >= 15 is 0 Å². The first kappa shape index (κ1) is 22.0. The van der Waals surface area contributed by atoms with Gasteiger partial charge in [0.05, 0.1) is 38.7 Å². The Morgan fingerprint density at radius 2 is 2.14 bits per heavy atom. The van der Waals surface area contributed by atoms with Gasteiger partial charge in [-0.25, -0.2) is 9.78 Å². The molecule has 1 aromatic rings. The third-order valence-electron chi connectivity index (χ3n) is 4.87. The first-order chi connectivity index (χ1) is 13.9. The summed E-state index contributed by atoms with van der Waals surface area (Å²) in [4.78, 5) is 21.0. The first-order valence-electron chi connectivity index (χ1n) is 9.25. The summed E-state index contributed by atoms with van der Waals surface area (Å²) in [6.07, 6.45) is 4.90. The number of aliphatic imine (C=N–C) groups is 1. The number of hydrogen-bond donors (Lipinski definition) is 0. The van der Waals surface area contributed by atoms with E-state index in [9.17, 15) is 4.79 Å². The van der Waals surface area contributed by atoms with Gasteiger partial charge in [-0.3, -0.25) is 4.99 Å². The van der Waals surface area contributed by atoms with Crippen molar-refractivity contribution in [1.82, 2.24) is 4.98 Å². The quantitative estimate of drug-likeness (QED) is 0.253.